The van der Waals surface area contributed by atoms with Gasteiger partial charge >= 0.3 is 6.18 Å². The van der Waals surface area contributed by atoms with E-state index in [9.17, 15) is 13.2 Å². The summed E-state index contributed by atoms with van der Waals surface area (Å²) in [6.07, 6.45) is -3.62. The number of pyridine rings is 1. The summed E-state index contributed by atoms with van der Waals surface area (Å²) in [5.41, 5.74) is 5.02. The third-order valence-electron chi connectivity index (χ3n) is 2.45. The van der Waals surface area contributed by atoms with E-state index in [1.165, 1.54) is 0 Å². The lowest BCUT2D eigenvalue weighted by atomic mass is 10.2. The highest BCUT2D eigenvalue weighted by Crippen LogP contribution is 2.35. The molecule has 0 saturated heterocycles. The van der Waals surface area contributed by atoms with Crippen molar-refractivity contribution in [3.8, 4) is 0 Å². The summed E-state index contributed by atoms with van der Waals surface area (Å²) in [4.78, 5) is 3.24. The second-order valence-electron chi connectivity index (χ2n) is 3.88. The van der Waals surface area contributed by atoms with Crippen LogP contribution in [0.1, 0.15) is 5.69 Å². The maximum atomic E-state index is 12.6. The second kappa shape index (κ2) is 5.38. The Morgan fingerprint density at radius 2 is 1.85 bits per heavy atom. The molecule has 0 radical (unpaired) electrons. The van der Waals surface area contributed by atoms with Crippen LogP contribution in [0, 0.1) is 0 Å². The Morgan fingerprint density at radius 3 is 2.50 bits per heavy atom. The van der Waals surface area contributed by atoms with E-state index in [1.807, 2.05) is 0 Å². The van der Waals surface area contributed by atoms with Crippen LogP contribution in [0.2, 0.25) is 10.0 Å². The monoisotopic (exact) mass is 321 g/mol. The molecule has 2 rings (SSSR count). The van der Waals surface area contributed by atoms with Gasteiger partial charge in [-0.2, -0.15) is 13.2 Å². The first-order valence-electron chi connectivity index (χ1n) is 5.33. The van der Waals surface area contributed by atoms with E-state index in [-0.39, 0.29) is 21.4 Å². The Bertz CT molecular complexity index is 644. The predicted molar refractivity (Wildman–Crippen MR) is 73.4 cm³/mol. The van der Waals surface area contributed by atoms with Gasteiger partial charge in [0.15, 0.2) is 0 Å². The number of benzene rings is 1. The molecule has 0 amide bonds. The van der Waals surface area contributed by atoms with Gasteiger partial charge in [-0.3, -0.25) is 0 Å². The fourth-order valence-corrected chi connectivity index (χ4v) is 1.82. The number of rotatable bonds is 2. The first-order valence-corrected chi connectivity index (χ1v) is 6.08. The summed E-state index contributed by atoms with van der Waals surface area (Å²) in [5, 5.41) is 3.18. The molecule has 0 bridgehead atoms. The molecular weight excluding hydrogens is 314 g/mol. The molecule has 0 aliphatic rings. The fraction of sp³-hybridized carbons (Fsp3) is 0.0833. The minimum Gasteiger partial charge on any atom is -0.396 e. The summed E-state index contributed by atoms with van der Waals surface area (Å²) in [5.74, 6) is 0. The molecule has 2 aromatic rings. The van der Waals surface area contributed by atoms with Crippen molar-refractivity contribution >= 4 is 40.3 Å². The van der Waals surface area contributed by atoms with Crippen LogP contribution in [0.25, 0.3) is 0 Å². The zero-order chi connectivity index (χ0) is 14.9. The van der Waals surface area contributed by atoms with Gasteiger partial charge in [0.05, 0.1) is 33.3 Å². The van der Waals surface area contributed by atoms with E-state index in [1.54, 1.807) is 18.2 Å². The third kappa shape index (κ3) is 3.08. The maximum absolute atomic E-state index is 12.6. The van der Waals surface area contributed by atoms with Crippen LogP contribution in [-0.4, -0.2) is 4.98 Å². The molecule has 0 aliphatic heterocycles. The Morgan fingerprint density at radius 1 is 1.15 bits per heavy atom. The van der Waals surface area contributed by atoms with Gasteiger partial charge in [-0.05, 0) is 18.2 Å². The zero-order valence-electron chi connectivity index (χ0n) is 9.80. The van der Waals surface area contributed by atoms with Crippen LogP contribution >= 0.6 is 23.2 Å². The summed E-state index contributed by atoms with van der Waals surface area (Å²) >= 11 is 11.8. The topological polar surface area (TPSA) is 50.9 Å². The highest BCUT2D eigenvalue weighted by molar-refractivity contribution is 6.43. The van der Waals surface area contributed by atoms with Crippen LogP contribution in [0.5, 0.6) is 0 Å². The van der Waals surface area contributed by atoms with E-state index in [0.717, 1.165) is 12.3 Å². The van der Waals surface area contributed by atoms with Gasteiger partial charge in [0.1, 0.15) is 5.69 Å². The average molecular weight is 322 g/mol. The normalized spacial score (nSPS) is 11.4. The number of nitrogens with one attached hydrogen (secondary N) is 1. The lowest BCUT2D eigenvalue weighted by Gasteiger charge is -2.13. The largest absolute Gasteiger partial charge is 0.433 e. The molecule has 1 aromatic heterocycles. The Kier molecular flexibility index (Phi) is 3.96. The fourth-order valence-electron chi connectivity index (χ4n) is 1.47. The number of alkyl halides is 3. The molecule has 1 aromatic carbocycles. The van der Waals surface area contributed by atoms with Crippen molar-refractivity contribution in [1.82, 2.24) is 4.98 Å². The van der Waals surface area contributed by atoms with E-state index in [0.29, 0.717) is 5.69 Å². The highest BCUT2D eigenvalue weighted by Gasteiger charge is 2.33. The molecule has 3 nitrogen and oxygen atoms in total. The van der Waals surface area contributed by atoms with E-state index in [4.69, 9.17) is 28.9 Å². The van der Waals surface area contributed by atoms with Gasteiger partial charge < -0.3 is 11.1 Å². The minimum atomic E-state index is -4.55. The SMILES string of the molecule is Nc1cnc(C(F)(F)F)cc1Nc1cccc(Cl)c1Cl. The standard InChI is InChI=1S/C12H8Cl2F3N3/c13-6-2-1-3-8(11(6)14)20-9-4-10(12(15,16)17)19-5-7(9)18/h1-5H,18H2,(H,19,20). The van der Waals surface area contributed by atoms with Gasteiger partial charge in [0, 0.05) is 0 Å². The summed E-state index contributed by atoms with van der Waals surface area (Å²) in [7, 11) is 0. The van der Waals surface area contributed by atoms with Crippen LogP contribution in [-0.2, 0) is 6.18 Å². The molecule has 0 unspecified atom stereocenters. The lowest BCUT2D eigenvalue weighted by Crippen LogP contribution is -2.09. The zero-order valence-corrected chi connectivity index (χ0v) is 11.3. The van der Waals surface area contributed by atoms with Crippen molar-refractivity contribution in [2.45, 2.75) is 6.18 Å². The Labute approximate surface area is 122 Å². The third-order valence-corrected chi connectivity index (χ3v) is 3.27. The number of nitrogen functional groups attached to an aromatic ring is 1. The Balaban J connectivity index is 2.41. The second-order valence-corrected chi connectivity index (χ2v) is 4.67. The lowest BCUT2D eigenvalue weighted by molar-refractivity contribution is -0.141. The molecule has 106 valence electrons. The smallest absolute Gasteiger partial charge is 0.396 e. The van der Waals surface area contributed by atoms with Gasteiger partial charge in [0.25, 0.3) is 0 Å². The molecular formula is C12H8Cl2F3N3. The predicted octanol–water partition coefficient (Wildman–Crippen LogP) is 4.73. The van der Waals surface area contributed by atoms with E-state index in [2.05, 4.69) is 10.3 Å². The molecule has 0 fully saturated rings. The summed E-state index contributed by atoms with van der Waals surface area (Å²) < 4.78 is 37.8. The van der Waals surface area contributed by atoms with Crippen LogP contribution in [0.3, 0.4) is 0 Å². The van der Waals surface area contributed by atoms with Crippen molar-refractivity contribution in [3.63, 3.8) is 0 Å². The number of anilines is 3. The molecule has 0 saturated carbocycles. The van der Waals surface area contributed by atoms with Crippen LogP contribution in [0.15, 0.2) is 30.5 Å². The van der Waals surface area contributed by atoms with E-state index >= 15 is 0 Å². The van der Waals surface area contributed by atoms with Crippen molar-refractivity contribution in [3.05, 3.63) is 46.2 Å². The van der Waals surface area contributed by atoms with Gasteiger partial charge in [0.2, 0.25) is 0 Å². The van der Waals surface area contributed by atoms with Crippen molar-refractivity contribution < 1.29 is 13.2 Å². The molecule has 3 N–H and O–H groups in total. The molecule has 0 aliphatic carbocycles. The first-order chi connectivity index (χ1) is 9.29. The van der Waals surface area contributed by atoms with Crippen molar-refractivity contribution in [2.24, 2.45) is 0 Å². The summed E-state index contributed by atoms with van der Waals surface area (Å²) in [6.45, 7) is 0. The van der Waals surface area contributed by atoms with Crippen LogP contribution in [0.4, 0.5) is 30.2 Å². The van der Waals surface area contributed by atoms with Gasteiger partial charge in [-0.25, -0.2) is 4.98 Å². The molecule has 20 heavy (non-hydrogen) atoms. The van der Waals surface area contributed by atoms with Crippen molar-refractivity contribution in [2.75, 3.05) is 11.1 Å². The highest BCUT2D eigenvalue weighted by atomic mass is 35.5. The van der Waals surface area contributed by atoms with Crippen LogP contribution < -0.4 is 11.1 Å². The van der Waals surface area contributed by atoms with E-state index < -0.39 is 11.9 Å². The quantitative estimate of drug-likeness (QED) is 0.840. The maximum Gasteiger partial charge on any atom is 0.433 e. The Hall–Kier alpha value is -1.66. The first kappa shape index (κ1) is 14.7. The number of hydrogen-bond acceptors (Lipinski definition) is 3. The molecule has 0 atom stereocenters. The molecule has 1 heterocycles. The number of hydrogen-bond donors (Lipinski definition) is 2. The number of nitrogens with zero attached hydrogens (tertiary/aromatic N) is 1. The average Bonchev–Trinajstić information content (AvgIpc) is 2.36. The summed E-state index contributed by atoms with van der Waals surface area (Å²) in [6, 6.07) is 5.55. The number of nitrogens with two attached hydrogens (primary N) is 1. The van der Waals surface area contributed by atoms with Gasteiger partial charge in [-0.1, -0.05) is 29.3 Å². The number of halogens is 5. The minimum absolute atomic E-state index is 0.0523. The molecule has 8 heteroatoms. The molecule has 0 spiro atoms. The van der Waals surface area contributed by atoms with Gasteiger partial charge in [-0.15, -0.1) is 0 Å². The number of aromatic nitrogens is 1. The van der Waals surface area contributed by atoms with Crippen molar-refractivity contribution in [1.29, 1.82) is 0 Å².